The summed E-state index contributed by atoms with van der Waals surface area (Å²) in [6, 6.07) is 6.34. The summed E-state index contributed by atoms with van der Waals surface area (Å²) >= 11 is 1.15. The second-order valence-electron chi connectivity index (χ2n) is 3.40. The molecular formula is C11H11FN2OS. The molecule has 84 valence electrons. The van der Waals surface area contributed by atoms with Crippen LogP contribution in [0.2, 0.25) is 0 Å². The van der Waals surface area contributed by atoms with E-state index in [1.54, 1.807) is 17.5 Å². The third-order valence-corrected chi connectivity index (χ3v) is 2.85. The molecule has 5 heteroatoms. The molecule has 0 aliphatic rings. The minimum absolute atomic E-state index is 0.0430. The van der Waals surface area contributed by atoms with Crippen LogP contribution in [0.5, 0.6) is 0 Å². The van der Waals surface area contributed by atoms with Crippen molar-refractivity contribution in [3.63, 3.8) is 0 Å². The number of aromatic nitrogens is 1. The molecular weight excluding hydrogens is 227 g/mol. The molecule has 0 atom stereocenters. The molecule has 0 aliphatic carbocycles. The number of rotatable bonds is 4. The maximum absolute atomic E-state index is 12.6. The Kier molecular flexibility index (Phi) is 3.48. The lowest BCUT2D eigenvalue weighted by Crippen LogP contribution is -2.13. The molecule has 0 spiro atoms. The Morgan fingerprint density at radius 3 is 2.62 bits per heavy atom. The zero-order valence-corrected chi connectivity index (χ0v) is 9.31. The van der Waals surface area contributed by atoms with Crippen molar-refractivity contribution in [3.05, 3.63) is 56.4 Å². The summed E-state index contributed by atoms with van der Waals surface area (Å²) in [6.45, 7) is 1.26. The topological polar surface area (TPSA) is 44.9 Å². The number of hydrogen-bond donors (Lipinski definition) is 2. The number of aromatic amines is 1. The molecule has 0 saturated carbocycles. The first kappa shape index (κ1) is 11.0. The summed E-state index contributed by atoms with van der Waals surface area (Å²) < 4.78 is 12.6. The molecule has 0 fully saturated rings. The van der Waals surface area contributed by atoms with Crippen molar-refractivity contribution in [2.24, 2.45) is 0 Å². The fourth-order valence-electron chi connectivity index (χ4n) is 1.34. The largest absolute Gasteiger partial charge is 0.315 e. The van der Waals surface area contributed by atoms with Gasteiger partial charge in [0.05, 0.1) is 0 Å². The summed E-state index contributed by atoms with van der Waals surface area (Å²) in [6.07, 6.45) is 0. The van der Waals surface area contributed by atoms with Gasteiger partial charge in [-0.05, 0) is 17.7 Å². The van der Waals surface area contributed by atoms with Gasteiger partial charge in [-0.1, -0.05) is 23.5 Å². The van der Waals surface area contributed by atoms with Crippen LogP contribution < -0.4 is 10.2 Å². The molecule has 0 radical (unpaired) electrons. The van der Waals surface area contributed by atoms with E-state index in [4.69, 9.17) is 0 Å². The van der Waals surface area contributed by atoms with Gasteiger partial charge in [0.2, 0.25) is 0 Å². The lowest BCUT2D eigenvalue weighted by molar-refractivity contribution is 0.624. The summed E-state index contributed by atoms with van der Waals surface area (Å²) in [5.41, 5.74) is 1.89. The van der Waals surface area contributed by atoms with E-state index in [0.717, 1.165) is 22.6 Å². The Morgan fingerprint density at radius 2 is 2.00 bits per heavy atom. The monoisotopic (exact) mass is 238 g/mol. The van der Waals surface area contributed by atoms with E-state index in [0.29, 0.717) is 13.1 Å². The molecule has 16 heavy (non-hydrogen) atoms. The first-order valence-electron chi connectivity index (χ1n) is 4.86. The maximum atomic E-state index is 12.6. The van der Waals surface area contributed by atoms with Gasteiger partial charge in [-0.15, -0.1) is 0 Å². The van der Waals surface area contributed by atoms with E-state index < -0.39 is 0 Å². The Bertz CT molecular complexity index is 503. The van der Waals surface area contributed by atoms with Crippen molar-refractivity contribution < 1.29 is 4.39 Å². The maximum Gasteiger partial charge on any atom is 0.304 e. The Labute approximate surface area is 96.0 Å². The van der Waals surface area contributed by atoms with Crippen molar-refractivity contribution in [2.75, 3.05) is 0 Å². The van der Waals surface area contributed by atoms with E-state index >= 15 is 0 Å². The van der Waals surface area contributed by atoms with E-state index in [-0.39, 0.29) is 10.7 Å². The third-order valence-electron chi connectivity index (χ3n) is 2.13. The number of H-pyrrole nitrogens is 1. The number of nitrogens with one attached hydrogen (secondary N) is 2. The van der Waals surface area contributed by atoms with Gasteiger partial charge in [0.25, 0.3) is 0 Å². The molecule has 2 N–H and O–H groups in total. The van der Waals surface area contributed by atoms with Crippen LogP contribution in [0.1, 0.15) is 11.3 Å². The quantitative estimate of drug-likeness (QED) is 0.854. The van der Waals surface area contributed by atoms with Crippen LogP contribution in [-0.4, -0.2) is 4.98 Å². The second kappa shape index (κ2) is 5.05. The molecule has 0 bridgehead atoms. The lowest BCUT2D eigenvalue weighted by atomic mass is 10.2. The predicted octanol–water partition coefficient (Wildman–Crippen LogP) is 1.87. The normalized spacial score (nSPS) is 10.6. The van der Waals surface area contributed by atoms with Crippen molar-refractivity contribution in [1.82, 2.24) is 10.3 Å². The molecule has 3 nitrogen and oxygen atoms in total. The minimum Gasteiger partial charge on any atom is -0.315 e. The number of benzene rings is 1. The highest BCUT2D eigenvalue weighted by Crippen LogP contribution is 2.02. The van der Waals surface area contributed by atoms with Crippen molar-refractivity contribution in [3.8, 4) is 0 Å². The highest BCUT2D eigenvalue weighted by atomic mass is 32.1. The Morgan fingerprint density at radius 1 is 1.25 bits per heavy atom. The Balaban J connectivity index is 1.84. The van der Waals surface area contributed by atoms with Crippen molar-refractivity contribution in [2.45, 2.75) is 13.1 Å². The molecule has 0 amide bonds. The van der Waals surface area contributed by atoms with Gasteiger partial charge < -0.3 is 10.3 Å². The van der Waals surface area contributed by atoms with Gasteiger partial charge >= 0.3 is 4.87 Å². The fraction of sp³-hybridized carbons (Fsp3) is 0.182. The van der Waals surface area contributed by atoms with Gasteiger partial charge in [0.1, 0.15) is 5.82 Å². The highest BCUT2D eigenvalue weighted by molar-refractivity contribution is 7.07. The fourth-order valence-corrected chi connectivity index (χ4v) is 1.93. The molecule has 2 rings (SSSR count). The minimum atomic E-state index is -0.231. The molecule has 1 heterocycles. The van der Waals surface area contributed by atoms with Crippen molar-refractivity contribution >= 4 is 11.3 Å². The second-order valence-corrected chi connectivity index (χ2v) is 4.25. The number of hydrogen-bond acceptors (Lipinski definition) is 3. The summed E-state index contributed by atoms with van der Waals surface area (Å²) in [5.74, 6) is -0.231. The summed E-state index contributed by atoms with van der Waals surface area (Å²) in [4.78, 5) is 13.5. The van der Waals surface area contributed by atoms with Crippen LogP contribution >= 0.6 is 11.3 Å². The number of halogens is 1. The molecule has 1 aromatic heterocycles. The molecule has 0 unspecified atom stereocenters. The summed E-state index contributed by atoms with van der Waals surface area (Å²) in [7, 11) is 0. The number of thiazole rings is 1. The van der Waals surface area contributed by atoms with Crippen LogP contribution in [0.25, 0.3) is 0 Å². The van der Waals surface area contributed by atoms with E-state index in [9.17, 15) is 9.18 Å². The van der Waals surface area contributed by atoms with Gasteiger partial charge in [0, 0.05) is 24.2 Å². The average Bonchev–Trinajstić information content (AvgIpc) is 2.67. The van der Waals surface area contributed by atoms with Crippen molar-refractivity contribution in [1.29, 1.82) is 0 Å². The van der Waals surface area contributed by atoms with Gasteiger partial charge in [0.15, 0.2) is 0 Å². The summed E-state index contributed by atoms with van der Waals surface area (Å²) in [5, 5.41) is 4.96. The lowest BCUT2D eigenvalue weighted by Gasteiger charge is -2.02. The standard InChI is InChI=1S/C11H11FN2OS/c12-9-3-1-8(2-4-9)5-13-6-10-7-16-11(15)14-10/h1-4,7,13H,5-6H2,(H,14,15). The molecule has 2 aromatic rings. The van der Waals surface area contributed by atoms with E-state index in [1.165, 1.54) is 12.1 Å². The zero-order chi connectivity index (χ0) is 11.4. The first-order chi connectivity index (χ1) is 7.74. The van der Waals surface area contributed by atoms with E-state index in [2.05, 4.69) is 10.3 Å². The molecule has 1 aromatic carbocycles. The highest BCUT2D eigenvalue weighted by Gasteiger charge is 1.97. The van der Waals surface area contributed by atoms with Gasteiger partial charge in [-0.25, -0.2) is 4.39 Å². The molecule has 0 aliphatic heterocycles. The van der Waals surface area contributed by atoms with Crippen LogP contribution in [0.15, 0.2) is 34.4 Å². The van der Waals surface area contributed by atoms with Gasteiger partial charge in [-0.3, -0.25) is 4.79 Å². The van der Waals surface area contributed by atoms with Gasteiger partial charge in [-0.2, -0.15) is 0 Å². The molecule has 0 saturated heterocycles. The third kappa shape index (κ3) is 3.01. The predicted molar refractivity (Wildman–Crippen MR) is 61.9 cm³/mol. The zero-order valence-electron chi connectivity index (χ0n) is 8.50. The average molecular weight is 238 g/mol. The smallest absolute Gasteiger partial charge is 0.304 e. The van der Waals surface area contributed by atoms with E-state index in [1.807, 2.05) is 0 Å². The SMILES string of the molecule is O=c1[nH]c(CNCc2ccc(F)cc2)cs1. The van der Waals surface area contributed by atoms with Crippen LogP contribution in [-0.2, 0) is 13.1 Å². The Hall–Kier alpha value is -1.46. The van der Waals surface area contributed by atoms with Crippen LogP contribution in [0.4, 0.5) is 4.39 Å². The van der Waals surface area contributed by atoms with Crippen LogP contribution in [0.3, 0.4) is 0 Å². The van der Waals surface area contributed by atoms with Crippen LogP contribution in [0, 0.1) is 5.82 Å². The first-order valence-corrected chi connectivity index (χ1v) is 5.74.